The summed E-state index contributed by atoms with van der Waals surface area (Å²) < 4.78 is 53.1. The lowest BCUT2D eigenvalue weighted by Crippen LogP contribution is -2.17. The summed E-state index contributed by atoms with van der Waals surface area (Å²) in [5, 5.41) is 6.80. The highest BCUT2D eigenvalue weighted by Crippen LogP contribution is 2.34. The standard InChI is InChI=1S/C26H20F4N4O/c27-23-19(6-3-7-20(23)26(28,29)30)25(35)34-17-10-8-16(9-11-17)33-21-12-13-31-24-22(21)18-5-2-1-4-15(18)14-32-24/h3,6-14H,1-2,4-5H2,(H,34,35)(H,31,32,33). The van der Waals surface area contributed by atoms with Crippen molar-refractivity contribution in [3.8, 4) is 0 Å². The normalized spacial score (nSPS) is 13.4. The summed E-state index contributed by atoms with van der Waals surface area (Å²) in [5.74, 6) is -2.57. The number of nitrogens with one attached hydrogen (secondary N) is 2. The Balaban J connectivity index is 1.36. The molecule has 1 aliphatic rings. The Kier molecular flexibility index (Phi) is 5.84. The first kappa shape index (κ1) is 22.8. The molecule has 4 aromatic rings. The third-order valence-electron chi connectivity index (χ3n) is 6.06. The first-order valence-corrected chi connectivity index (χ1v) is 11.1. The van der Waals surface area contributed by atoms with E-state index < -0.39 is 29.0 Å². The van der Waals surface area contributed by atoms with E-state index in [1.807, 2.05) is 12.3 Å². The van der Waals surface area contributed by atoms with E-state index in [1.54, 1.807) is 30.5 Å². The Morgan fingerprint density at radius 3 is 2.43 bits per heavy atom. The van der Waals surface area contributed by atoms with Crippen LogP contribution in [0.1, 0.15) is 39.9 Å². The van der Waals surface area contributed by atoms with Gasteiger partial charge in [0.2, 0.25) is 0 Å². The minimum absolute atomic E-state index is 0.316. The van der Waals surface area contributed by atoms with Gasteiger partial charge in [-0.3, -0.25) is 4.79 Å². The zero-order valence-electron chi connectivity index (χ0n) is 18.4. The first-order valence-electron chi connectivity index (χ1n) is 11.1. The van der Waals surface area contributed by atoms with Crippen molar-refractivity contribution in [3.63, 3.8) is 0 Å². The van der Waals surface area contributed by atoms with Crippen molar-refractivity contribution in [3.05, 3.63) is 89.0 Å². The highest BCUT2D eigenvalue weighted by atomic mass is 19.4. The topological polar surface area (TPSA) is 66.9 Å². The van der Waals surface area contributed by atoms with Gasteiger partial charge in [0.05, 0.1) is 16.8 Å². The lowest BCUT2D eigenvalue weighted by Gasteiger charge is -2.19. The van der Waals surface area contributed by atoms with Crippen molar-refractivity contribution < 1.29 is 22.4 Å². The third kappa shape index (κ3) is 4.53. The zero-order chi connectivity index (χ0) is 24.6. The number of anilines is 3. The van der Waals surface area contributed by atoms with Gasteiger partial charge in [0.1, 0.15) is 5.82 Å². The quantitative estimate of drug-likeness (QED) is 0.321. The molecule has 2 aromatic carbocycles. The summed E-state index contributed by atoms with van der Waals surface area (Å²) >= 11 is 0. The molecule has 9 heteroatoms. The van der Waals surface area contributed by atoms with Gasteiger partial charge in [0, 0.05) is 29.2 Å². The van der Waals surface area contributed by atoms with Crippen LogP contribution in [0, 0.1) is 5.82 Å². The molecule has 2 heterocycles. The number of aryl methyl sites for hydroxylation is 2. The maximum atomic E-state index is 14.3. The van der Waals surface area contributed by atoms with Gasteiger partial charge in [-0.15, -0.1) is 0 Å². The average molecular weight is 480 g/mol. The average Bonchev–Trinajstić information content (AvgIpc) is 2.84. The molecule has 2 N–H and O–H groups in total. The molecule has 0 saturated carbocycles. The van der Waals surface area contributed by atoms with Crippen molar-refractivity contribution in [1.82, 2.24) is 9.97 Å². The number of hydrogen-bond donors (Lipinski definition) is 2. The fraction of sp³-hybridized carbons (Fsp3) is 0.192. The van der Waals surface area contributed by atoms with Crippen LogP contribution < -0.4 is 10.6 Å². The molecule has 0 atom stereocenters. The fourth-order valence-electron chi connectivity index (χ4n) is 4.36. The minimum Gasteiger partial charge on any atom is -0.355 e. The van der Waals surface area contributed by atoms with Crippen molar-refractivity contribution >= 4 is 34.0 Å². The molecule has 0 unspecified atom stereocenters. The molecule has 0 fully saturated rings. The van der Waals surface area contributed by atoms with E-state index in [1.165, 1.54) is 11.1 Å². The Bertz CT molecular complexity index is 1420. The summed E-state index contributed by atoms with van der Waals surface area (Å²) in [7, 11) is 0. The van der Waals surface area contributed by atoms with Crippen LogP contribution in [-0.4, -0.2) is 15.9 Å². The molecule has 0 radical (unpaired) electrons. The summed E-state index contributed by atoms with van der Waals surface area (Å²) in [6.07, 6.45) is 2.91. The van der Waals surface area contributed by atoms with E-state index >= 15 is 0 Å². The van der Waals surface area contributed by atoms with E-state index in [2.05, 4.69) is 20.6 Å². The lowest BCUT2D eigenvalue weighted by molar-refractivity contribution is -0.140. The van der Waals surface area contributed by atoms with Gasteiger partial charge in [-0.1, -0.05) is 6.07 Å². The van der Waals surface area contributed by atoms with Crippen LogP contribution in [0.2, 0.25) is 0 Å². The Hall–Kier alpha value is -4.01. The van der Waals surface area contributed by atoms with E-state index in [0.717, 1.165) is 54.6 Å². The SMILES string of the molecule is O=C(Nc1ccc(Nc2ccnc3ncc4c(c23)CCCC4)cc1)c1cccc(C(F)(F)F)c1F. The Labute approximate surface area is 198 Å². The number of pyridine rings is 2. The molecule has 5 rings (SSSR count). The molecular formula is C26H20F4N4O. The zero-order valence-corrected chi connectivity index (χ0v) is 18.4. The second-order valence-electron chi connectivity index (χ2n) is 8.35. The molecule has 5 nitrogen and oxygen atoms in total. The summed E-state index contributed by atoms with van der Waals surface area (Å²) in [6.45, 7) is 0. The molecule has 1 aliphatic carbocycles. The smallest absolute Gasteiger partial charge is 0.355 e. The van der Waals surface area contributed by atoms with Gasteiger partial charge in [-0.2, -0.15) is 13.2 Å². The van der Waals surface area contributed by atoms with E-state index in [4.69, 9.17) is 0 Å². The second-order valence-corrected chi connectivity index (χ2v) is 8.35. The maximum absolute atomic E-state index is 14.3. The van der Waals surface area contributed by atoms with Crippen LogP contribution in [0.25, 0.3) is 11.0 Å². The summed E-state index contributed by atoms with van der Waals surface area (Å²) in [6, 6.07) is 11.1. The molecular weight excluding hydrogens is 460 g/mol. The van der Waals surface area contributed by atoms with Gasteiger partial charge in [0.15, 0.2) is 5.65 Å². The number of alkyl halides is 3. The number of halogens is 4. The molecule has 0 saturated heterocycles. The molecule has 2 aromatic heterocycles. The van der Waals surface area contributed by atoms with Crippen molar-refractivity contribution in [1.29, 1.82) is 0 Å². The predicted molar refractivity (Wildman–Crippen MR) is 125 cm³/mol. The number of rotatable bonds is 4. The third-order valence-corrected chi connectivity index (χ3v) is 6.06. The van der Waals surface area contributed by atoms with E-state index in [9.17, 15) is 22.4 Å². The molecule has 178 valence electrons. The highest BCUT2D eigenvalue weighted by Gasteiger charge is 2.35. The highest BCUT2D eigenvalue weighted by molar-refractivity contribution is 6.04. The summed E-state index contributed by atoms with van der Waals surface area (Å²) in [5.41, 5.74) is 2.91. The van der Waals surface area contributed by atoms with Crippen LogP contribution in [-0.2, 0) is 19.0 Å². The van der Waals surface area contributed by atoms with E-state index in [-0.39, 0.29) is 0 Å². The van der Waals surface area contributed by atoms with Crippen LogP contribution in [0.5, 0.6) is 0 Å². The fourth-order valence-corrected chi connectivity index (χ4v) is 4.36. The molecule has 0 aliphatic heterocycles. The van der Waals surface area contributed by atoms with Crippen LogP contribution in [0.15, 0.2) is 60.9 Å². The number of hydrogen-bond acceptors (Lipinski definition) is 4. The number of fused-ring (bicyclic) bond motifs is 3. The molecule has 35 heavy (non-hydrogen) atoms. The first-order chi connectivity index (χ1) is 16.8. The van der Waals surface area contributed by atoms with Gasteiger partial charge in [0.25, 0.3) is 5.91 Å². The largest absolute Gasteiger partial charge is 0.419 e. The predicted octanol–water partition coefficient (Wildman–Crippen LogP) is 6.66. The van der Waals surface area contributed by atoms with E-state index in [0.29, 0.717) is 17.4 Å². The molecule has 1 amide bonds. The second kappa shape index (κ2) is 8.98. The number of benzene rings is 2. The number of aromatic nitrogens is 2. The van der Waals surface area contributed by atoms with Gasteiger partial charge in [-0.25, -0.2) is 14.4 Å². The molecule has 0 spiro atoms. The Morgan fingerprint density at radius 1 is 0.914 bits per heavy atom. The lowest BCUT2D eigenvalue weighted by atomic mass is 9.90. The van der Waals surface area contributed by atoms with Crippen LogP contribution in [0.4, 0.5) is 34.6 Å². The van der Waals surface area contributed by atoms with Crippen molar-refractivity contribution in [2.24, 2.45) is 0 Å². The van der Waals surface area contributed by atoms with Gasteiger partial charge >= 0.3 is 6.18 Å². The summed E-state index contributed by atoms with van der Waals surface area (Å²) in [4.78, 5) is 21.3. The van der Waals surface area contributed by atoms with Crippen molar-refractivity contribution in [2.45, 2.75) is 31.9 Å². The number of nitrogens with zero attached hydrogens (tertiary/aromatic N) is 2. The number of amides is 1. The maximum Gasteiger partial charge on any atom is 0.419 e. The van der Waals surface area contributed by atoms with Crippen molar-refractivity contribution in [2.75, 3.05) is 10.6 Å². The van der Waals surface area contributed by atoms with Crippen LogP contribution in [0.3, 0.4) is 0 Å². The monoisotopic (exact) mass is 480 g/mol. The molecule has 0 bridgehead atoms. The van der Waals surface area contributed by atoms with Crippen LogP contribution >= 0.6 is 0 Å². The van der Waals surface area contributed by atoms with Gasteiger partial charge in [-0.05, 0) is 79.3 Å². The number of carbonyl (C=O) groups is 1. The number of carbonyl (C=O) groups excluding carboxylic acids is 1. The minimum atomic E-state index is -4.89. The Morgan fingerprint density at radius 2 is 1.66 bits per heavy atom. The van der Waals surface area contributed by atoms with Gasteiger partial charge < -0.3 is 10.6 Å².